The van der Waals surface area contributed by atoms with Gasteiger partial charge in [-0.25, -0.2) is 4.79 Å². The number of rotatable bonds is 5. The second kappa shape index (κ2) is 6.22. The molecule has 2 unspecified atom stereocenters. The summed E-state index contributed by atoms with van der Waals surface area (Å²) in [4.78, 5) is 22.2. The number of hydrogen-bond donors (Lipinski definition) is 2. The van der Waals surface area contributed by atoms with Crippen LogP contribution in [0.15, 0.2) is 30.3 Å². The first-order chi connectivity index (χ1) is 9.15. The Morgan fingerprint density at radius 2 is 2.00 bits per heavy atom. The molecule has 5 heteroatoms. The van der Waals surface area contributed by atoms with Crippen molar-refractivity contribution in [3.05, 3.63) is 35.9 Å². The van der Waals surface area contributed by atoms with Crippen molar-refractivity contribution in [2.75, 3.05) is 0 Å². The molecule has 2 rings (SSSR count). The van der Waals surface area contributed by atoms with Crippen LogP contribution in [0, 0.1) is 5.92 Å². The van der Waals surface area contributed by atoms with Gasteiger partial charge in [0.2, 0.25) is 0 Å². The monoisotopic (exact) mass is 263 g/mol. The molecule has 0 aliphatic heterocycles. The molecule has 1 aliphatic carbocycles. The fourth-order valence-electron chi connectivity index (χ4n) is 2.14. The quantitative estimate of drug-likeness (QED) is 0.853. The maximum absolute atomic E-state index is 11.6. The van der Waals surface area contributed by atoms with E-state index in [0.717, 1.165) is 18.4 Å². The highest BCUT2D eigenvalue weighted by molar-refractivity contribution is 5.69. The second-order valence-corrected chi connectivity index (χ2v) is 4.75. The van der Waals surface area contributed by atoms with Crippen LogP contribution in [0.5, 0.6) is 0 Å². The van der Waals surface area contributed by atoms with E-state index in [1.807, 2.05) is 30.3 Å². The summed E-state index contributed by atoms with van der Waals surface area (Å²) >= 11 is 0. The number of nitrogens with one attached hydrogen (secondary N) is 1. The number of amides is 1. The molecular weight excluding hydrogens is 246 g/mol. The van der Waals surface area contributed by atoms with Crippen molar-refractivity contribution in [2.24, 2.45) is 5.92 Å². The molecule has 1 aromatic rings. The third kappa shape index (κ3) is 3.98. The lowest BCUT2D eigenvalue weighted by Gasteiger charge is -2.35. The SMILES string of the molecule is O=C(O)CC1CCC1NC(=O)OCc1ccccc1. The van der Waals surface area contributed by atoms with Crippen LogP contribution in [0.25, 0.3) is 0 Å². The summed E-state index contributed by atoms with van der Waals surface area (Å²) in [6, 6.07) is 9.35. The fraction of sp³-hybridized carbons (Fsp3) is 0.429. The minimum absolute atomic E-state index is 0.0294. The van der Waals surface area contributed by atoms with E-state index < -0.39 is 12.1 Å². The fourth-order valence-corrected chi connectivity index (χ4v) is 2.14. The Morgan fingerprint density at radius 3 is 2.58 bits per heavy atom. The van der Waals surface area contributed by atoms with Crippen molar-refractivity contribution in [1.29, 1.82) is 0 Å². The van der Waals surface area contributed by atoms with Gasteiger partial charge in [-0.3, -0.25) is 4.79 Å². The van der Waals surface area contributed by atoms with E-state index in [-0.39, 0.29) is 25.0 Å². The standard InChI is InChI=1S/C14H17NO4/c16-13(17)8-11-6-7-12(11)15-14(18)19-9-10-4-2-1-3-5-10/h1-5,11-12H,6-9H2,(H,15,18)(H,16,17). The van der Waals surface area contributed by atoms with Crippen molar-refractivity contribution >= 4 is 12.1 Å². The average molecular weight is 263 g/mol. The van der Waals surface area contributed by atoms with Gasteiger partial charge in [0.1, 0.15) is 6.61 Å². The lowest BCUT2D eigenvalue weighted by atomic mass is 9.77. The molecule has 1 saturated carbocycles. The van der Waals surface area contributed by atoms with Crippen molar-refractivity contribution in [3.63, 3.8) is 0 Å². The molecule has 5 nitrogen and oxygen atoms in total. The minimum atomic E-state index is -0.825. The normalized spacial score (nSPS) is 21.3. The van der Waals surface area contributed by atoms with Crippen LogP contribution in [0.2, 0.25) is 0 Å². The first kappa shape index (κ1) is 13.4. The zero-order chi connectivity index (χ0) is 13.7. The number of ether oxygens (including phenoxy) is 1. The highest BCUT2D eigenvalue weighted by Gasteiger charge is 2.33. The lowest BCUT2D eigenvalue weighted by Crippen LogP contribution is -2.47. The third-order valence-corrected chi connectivity index (χ3v) is 3.37. The van der Waals surface area contributed by atoms with E-state index >= 15 is 0 Å². The summed E-state index contributed by atoms with van der Waals surface area (Å²) in [7, 11) is 0. The van der Waals surface area contributed by atoms with Gasteiger partial charge in [-0.15, -0.1) is 0 Å². The van der Waals surface area contributed by atoms with Crippen LogP contribution >= 0.6 is 0 Å². The van der Waals surface area contributed by atoms with Crippen LogP contribution < -0.4 is 5.32 Å². The summed E-state index contributed by atoms with van der Waals surface area (Å²) < 4.78 is 5.09. The summed E-state index contributed by atoms with van der Waals surface area (Å²) in [5.74, 6) is -0.795. The number of benzene rings is 1. The molecule has 19 heavy (non-hydrogen) atoms. The second-order valence-electron chi connectivity index (χ2n) is 4.75. The van der Waals surface area contributed by atoms with E-state index in [1.165, 1.54) is 0 Å². The molecule has 0 aromatic heterocycles. The molecular formula is C14H17NO4. The Hall–Kier alpha value is -2.04. The van der Waals surface area contributed by atoms with E-state index in [1.54, 1.807) is 0 Å². The number of carboxylic acids is 1. The number of alkyl carbamates (subject to hydrolysis) is 1. The third-order valence-electron chi connectivity index (χ3n) is 3.37. The summed E-state index contributed by atoms with van der Waals surface area (Å²) in [5.41, 5.74) is 0.924. The molecule has 1 aliphatic rings. The Labute approximate surface area is 111 Å². The Bertz CT molecular complexity index is 446. The maximum atomic E-state index is 11.6. The summed E-state index contributed by atoms with van der Waals surface area (Å²) in [5, 5.41) is 11.4. The lowest BCUT2D eigenvalue weighted by molar-refractivity contribution is -0.139. The topological polar surface area (TPSA) is 75.6 Å². The van der Waals surface area contributed by atoms with Gasteiger partial charge in [-0.05, 0) is 24.3 Å². The van der Waals surface area contributed by atoms with Crippen LogP contribution in [0.1, 0.15) is 24.8 Å². The molecule has 0 spiro atoms. The summed E-state index contributed by atoms with van der Waals surface area (Å²) in [6.07, 6.45) is 1.28. The first-order valence-electron chi connectivity index (χ1n) is 6.34. The van der Waals surface area contributed by atoms with Gasteiger partial charge in [0.05, 0.1) is 6.42 Å². The van der Waals surface area contributed by atoms with Gasteiger partial charge in [0.15, 0.2) is 0 Å². The van der Waals surface area contributed by atoms with Gasteiger partial charge >= 0.3 is 12.1 Å². The van der Waals surface area contributed by atoms with Gasteiger partial charge in [0, 0.05) is 6.04 Å². The Balaban J connectivity index is 1.71. The van der Waals surface area contributed by atoms with Gasteiger partial charge < -0.3 is 15.2 Å². The summed E-state index contributed by atoms with van der Waals surface area (Å²) in [6.45, 7) is 0.225. The molecule has 0 saturated heterocycles. The van der Waals surface area contributed by atoms with Crippen LogP contribution in [-0.4, -0.2) is 23.2 Å². The van der Waals surface area contributed by atoms with Crippen LogP contribution in [0.3, 0.4) is 0 Å². The molecule has 2 atom stereocenters. The highest BCUT2D eigenvalue weighted by Crippen LogP contribution is 2.30. The smallest absolute Gasteiger partial charge is 0.407 e. The van der Waals surface area contributed by atoms with Crippen molar-refractivity contribution in [3.8, 4) is 0 Å². The molecule has 0 radical (unpaired) electrons. The number of carbonyl (C=O) groups is 2. The van der Waals surface area contributed by atoms with Crippen molar-refractivity contribution in [2.45, 2.75) is 31.9 Å². The average Bonchev–Trinajstić information content (AvgIpc) is 2.40. The largest absolute Gasteiger partial charge is 0.481 e. The highest BCUT2D eigenvalue weighted by atomic mass is 16.5. The zero-order valence-corrected chi connectivity index (χ0v) is 10.5. The van der Waals surface area contributed by atoms with E-state index in [2.05, 4.69) is 5.32 Å². The molecule has 102 valence electrons. The minimum Gasteiger partial charge on any atom is -0.481 e. The molecule has 1 amide bonds. The van der Waals surface area contributed by atoms with E-state index in [0.29, 0.717) is 0 Å². The molecule has 2 N–H and O–H groups in total. The zero-order valence-electron chi connectivity index (χ0n) is 10.5. The van der Waals surface area contributed by atoms with Crippen molar-refractivity contribution < 1.29 is 19.4 Å². The van der Waals surface area contributed by atoms with Crippen LogP contribution in [0.4, 0.5) is 4.79 Å². The maximum Gasteiger partial charge on any atom is 0.407 e. The number of aliphatic carboxylic acids is 1. The Kier molecular flexibility index (Phi) is 4.39. The number of carboxylic acid groups (broad SMARTS) is 1. The van der Waals surface area contributed by atoms with E-state index in [4.69, 9.17) is 9.84 Å². The van der Waals surface area contributed by atoms with Crippen molar-refractivity contribution in [1.82, 2.24) is 5.32 Å². The Morgan fingerprint density at radius 1 is 1.26 bits per heavy atom. The predicted octanol–water partition coefficient (Wildman–Crippen LogP) is 2.17. The van der Waals surface area contributed by atoms with Crippen LogP contribution in [-0.2, 0) is 16.1 Å². The van der Waals surface area contributed by atoms with Gasteiger partial charge in [0.25, 0.3) is 0 Å². The first-order valence-corrected chi connectivity index (χ1v) is 6.34. The molecule has 0 heterocycles. The van der Waals surface area contributed by atoms with E-state index in [9.17, 15) is 9.59 Å². The molecule has 1 aromatic carbocycles. The molecule has 1 fully saturated rings. The number of hydrogen-bond acceptors (Lipinski definition) is 3. The van der Waals surface area contributed by atoms with Gasteiger partial charge in [-0.2, -0.15) is 0 Å². The molecule has 0 bridgehead atoms. The van der Waals surface area contributed by atoms with Gasteiger partial charge in [-0.1, -0.05) is 30.3 Å². The number of carbonyl (C=O) groups excluding carboxylic acids is 1. The predicted molar refractivity (Wildman–Crippen MR) is 68.5 cm³/mol.